The molecule has 1 saturated carbocycles. The van der Waals surface area contributed by atoms with E-state index in [1.807, 2.05) is 0 Å². The van der Waals surface area contributed by atoms with E-state index in [1.165, 1.54) is 0 Å². The highest BCUT2D eigenvalue weighted by atomic mass is 19.3. The lowest BCUT2D eigenvalue weighted by atomic mass is 9.80. The third-order valence-electron chi connectivity index (χ3n) is 3.59. The first-order chi connectivity index (χ1) is 10.5. The van der Waals surface area contributed by atoms with E-state index in [0.29, 0.717) is 18.6 Å². The van der Waals surface area contributed by atoms with Crippen LogP contribution in [-0.4, -0.2) is 36.3 Å². The molecule has 0 aromatic heterocycles. The smallest absolute Gasteiger partial charge is 0.315 e. The number of rotatable bonds is 7. The average molecular weight is 314 g/mol. The largest absolute Gasteiger partial charge is 0.488 e. The fourth-order valence-corrected chi connectivity index (χ4v) is 2.16. The van der Waals surface area contributed by atoms with Gasteiger partial charge in [0.25, 0.3) is 6.43 Å². The van der Waals surface area contributed by atoms with Crippen molar-refractivity contribution in [2.24, 2.45) is 0 Å². The Bertz CT molecular complexity index is 507. The number of halogens is 2. The Kier molecular flexibility index (Phi) is 5.54. The van der Waals surface area contributed by atoms with Gasteiger partial charge in [0.05, 0.1) is 5.60 Å². The van der Waals surface area contributed by atoms with Crippen molar-refractivity contribution in [1.82, 2.24) is 10.6 Å². The minimum atomic E-state index is -2.52. The maximum Gasteiger partial charge on any atom is 0.315 e. The zero-order valence-corrected chi connectivity index (χ0v) is 12.1. The van der Waals surface area contributed by atoms with Crippen LogP contribution in [0.25, 0.3) is 0 Å². The number of benzene rings is 1. The quantitative estimate of drug-likeness (QED) is 0.721. The molecule has 122 valence electrons. The van der Waals surface area contributed by atoms with E-state index in [4.69, 9.17) is 4.74 Å². The number of carbonyl (C=O) groups excluding carboxylic acids is 1. The van der Waals surface area contributed by atoms with Crippen molar-refractivity contribution in [1.29, 1.82) is 0 Å². The Hall–Kier alpha value is -1.89. The van der Waals surface area contributed by atoms with Crippen molar-refractivity contribution in [3.8, 4) is 5.75 Å². The Balaban J connectivity index is 1.73. The summed E-state index contributed by atoms with van der Waals surface area (Å²) in [4.78, 5) is 11.6. The molecule has 1 fully saturated rings. The zero-order chi connectivity index (χ0) is 16.0. The van der Waals surface area contributed by atoms with E-state index in [2.05, 4.69) is 10.6 Å². The van der Waals surface area contributed by atoms with Crippen LogP contribution in [0.2, 0.25) is 0 Å². The number of carbonyl (C=O) groups is 1. The van der Waals surface area contributed by atoms with Gasteiger partial charge in [0.1, 0.15) is 12.4 Å². The molecule has 0 aliphatic heterocycles. The van der Waals surface area contributed by atoms with E-state index in [0.717, 1.165) is 12.0 Å². The topological polar surface area (TPSA) is 70.6 Å². The molecule has 0 heterocycles. The van der Waals surface area contributed by atoms with Crippen LogP contribution in [-0.2, 0) is 6.54 Å². The molecule has 0 atom stereocenters. The Morgan fingerprint density at radius 2 is 2.14 bits per heavy atom. The number of amides is 2. The normalized spacial score (nSPS) is 16.0. The SMILES string of the molecule is O=C(NCc1cccc(OCC(F)F)c1)NCC1(O)CCC1. The summed E-state index contributed by atoms with van der Waals surface area (Å²) >= 11 is 0. The van der Waals surface area contributed by atoms with Gasteiger partial charge in [-0.25, -0.2) is 13.6 Å². The summed E-state index contributed by atoms with van der Waals surface area (Å²) < 4.78 is 29.1. The van der Waals surface area contributed by atoms with Gasteiger partial charge in [0.15, 0.2) is 0 Å². The number of urea groups is 1. The maximum absolute atomic E-state index is 12.1. The third-order valence-corrected chi connectivity index (χ3v) is 3.59. The van der Waals surface area contributed by atoms with Crippen LogP contribution in [0.5, 0.6) is 5.75 Å². The summed E-state index contributed by atoms with van der Waals surface area (Å²) in [6.45, 7) is -0.178. The third kappa shape index (κ3) is 5.14. The Labute approximate surface area is 127 Å². The summed E-state index contributed by atoms with van der Waals surface area (Å²) in [7, 11) is 0. The van der Waals surface area contributed by atoms with Gasteiger partial charge in [-0.2, -0.15) is 0 Å². The Morgan fingerprint density at radius 1 is 1.36 bits per heavy atom. The lowest BCUT2D eigenvalue weighted by molar-refractivity contribution is -0.0290. The summed E-state index contributed by atoms with van der Waals surface area (Å²) in [5, 5.41) is 15.1. The highest BCUT2D eigenvalue weighted by Gasteiger charge is 2.34. The van der Waals surface area contributed by atoms with Crippen molar-refractivity contribution >= 4 is 6.03 Å². The molecule has 1 aliphatic carbocycles. The first-order valence-electron chi connectivity index (χ1n) is 7.21. The van der Waals surface area contributed by atoms with Crippen molar-refractivity contribution in [3.63, 3.8) is 0 Å². The summed E-state index contributed by atoms with van der Waals surface area (Å²) in [6, 6.07) is 6.24. The maximum atomic E-state index is 12.1. The van der Waals surface area contributed by atoms with Gasteiger partial charge in [0, 0.05) is 13.1 Å². The van der Waals surface area contributed by atoms with Crippen molar-refractivity contribution in [3.05, 3.63) is 29.8 Å². The first kappa shape index (κ1) is 16.5. The fraction of sp³-hybridized carbons (Fsp3) is 0.533. The second-order valence-electron chi connectivity index (χ2n) is 5.46. The van der Waals surface area contributed by atoms with Crippen LogP contribution < -0.4 is 15.4 Å². The van der Waals surface area contributed by atoms with Crippen LogP contribution in [0.15, 0.2) is 24.3 Å². The molecule has 1 aromatic rings. The second kappa shape index (κ2) is 7.40. The zero-order valence-electron chi connectivity index (χ0n) is 12.1. The molecule has 7 heteroatoms. The number of alkyl halides is 2. The molecule has 2 amide bonds. The van der Waals surface area contributed by atoms with E-state index in [9.17, 15) is 18.7 Å². The van der Waals surface area contributed by atoms with Crippen molar-refractivity contribution in [2.45, 2.75) is 37.8 Å². The fourth-order valence-electron chi connectivity index (χ4n) is 2.16. The van der Waals surface area contributed by atoms with Crippen LogP contribution in [0.4, 0.5) is 13.6 Å². The molecular weight excluding hydrogens is 294 g/mol. The number of hydrogen-bond donors (Lipinski definition) is 3. The molecule has 0 spiro atoms. The molecule has 22 heavy (non-hydrogen) atoms. The van der Waals surface area contributed by atoms with Crippen LogP contribution in [0, 0.1) is 0 Å². The second-order valence-corrected chi connectivity index (χ2v) is 5.46. The van der Waals surface area contributed by atoms with E-state index >= 15 is 0 Å². The summed E-state index contributed by atoms with van der Waals surface area (Å²) in [6.07, 6.45) is -0.136. The molecule has 2 rings (SSSR count). The molecule has 3 N–H and O–H groups in total. The predicted molar refractivity (Wildman–Crippen MR) is 77.0 cm³/mol. The predicted octanol–water partition coefficient (Wildman–Crippen LogP) is 2.04. The lowest BCUT2D eigenvalue weighted by Crippen LogP contribution is -2.49. The monoisotopic (exact) mass is 314 g/mol. The Morgan fingerprint density at radius 3 is 2.77 bits per heavy atom. The highest BCUT2D eigenvalue weighted by molar-refractivity contribution is 5.73. The van der Waals surface area contributed by atoms with Crippen LogP contribution in [0.3, 0.4) is 0 Å². The molecule has 0 radical (unpaired) electrons. The van der Waals surface area contributed by atoms with Gasteiger partial charge in [-0.05, 0) is 37.0 Å². The number of aliphatic hydroxyl groups is 1. The van der Waals surface area contributed by atoms with Crippen LogP contribution in [0.1, 0.15) is 24.8 Å². The summed E-state index contributed by atoms with van der Waals surface area (Å²) in [5.41, 5.74) is -0.0235. The number of hydrogen-bond acceptors (Lipinski definition) is 3. The molecule has 1 aliphatic rings. The molecular formula is C15H20F2N2O3. The van der Waals surface area contributed by atoms with Gasteiger partial charge in [0.2, 0.25) is 0 Å². The minimum absolute atomic E-state index is 0.233. The number of ether oxygens (including phenoxy) is 1. The first-order valence-corrected chi connectivity index (χ1v) is 7.21. The standard InChI is InChI=1S/C15H20F2N2O3/c16-13(17)9-22-12-4-1-3-11(7-12)8-18-14(20)19-10-15(21)5-2-6-15/h1,3-4,7,13,21H,2,5-6,8-10H2,(H2,18,19,20). The molecule has 0 bridgehead atoms. The van der Waals surface area contributed by atoms with Crippen LogP contribution >= 0.6 is 0 Å². The minimum Gasteiger partial charge on any atom is -0.488 e. The van der Waals surface area contributed by atoms with Gasteiger partial charge >= 0.3 is 6.03 Å². The van der Waals surface area contributed by atoms with Gasteiger partial charge < -0.3 is 20.5 Å². The molecule has 1 aromatic carbocycles. The molecule has 0 unspecified atom stereocenters. The van der Waals surface area contributed by atoms with E-state index < -0.39 is 18.6 Å². The van der Waals surface area contributed by atoms with E-state index in [-0.39, 0.29) is 19.1 Å². The van der Waals surface area contributed by atoms with Gasteiger partial charge in [-0.3, -0.25) is 0 Å². The van der Waals surface area contributed by atoms with Crippen molar-refractivity contribution < 1.29 is 23.4 Å². The molecule has 0 saturated heterocycles. The lowest BCUT2D eigenvalue weighted by Gasteiger charge is -2.36. The van der Waals surface area contributed by atoms with Gasteiger partial charge in [-0.1, -0.05) is 12.1 Å². The molecule has 5 nitrogen and oxygen atoms in total. The van der Waals surface area contributed by atoms with Gasteiger partial charge in [-0.15, -0.1) is 0 Å². The van der Waals surface area contributed by atoms with E-state index in [1.54, 1.807) is 24.3 Å². The summed E-state index contributed by atoms with van der Waals surface area (Å²) in [5.74, 6) is 0.337. The highest BCUT2D eigenvalue weighted by Crippen LogP contribution is 2.30. The van der Waals surface area contributed by atoms with Crippen molar-refractivity contribution in [2.75, 3.05) is 13.2 Å². The number of nitrogens with one attached hydrogen (secondary N) is 2. The average Bonchev–Trinajstić information content (AvgIpc) is 2.47.